The van der Waals surface area contributed by atoms with E-state index >= 15 is 0 Å². The molecule has 3 amide bonds. The third-order valence-electron chi connectivity index (χ3n) is 3.55. The van der Waals surface area contributed by atoms with Crippen LogP contribution in [0.5, 0.6) is 0 Å². The Kier molecular flexibility index (Phi) is 5.03. The number of hydrogen-bond donors (Lipinski definition) is 3. The van der Waals surface area contributed by atoms with Crippen LogP contribution in [0.15, 0.2) is 24.3 Å². The molecular weight excluding hydrogens is 268 g/mol. The van der Waals surface area contributed by atoms with Crippen molar-refractivity contribution in [1.29, 1.82) is 0 Å². The Balaban J connectivity index is 1.83. The highest BCUT2D eigenvalue weighted by Gasteiger charge is 2.23. The average molecular weight is 290 g/mol. The number of likely N-dealkylation sites (tertiary alicyclic amines) is 1. The van der Waals surface area contributed by atoms with Gasteiger partial charge in [0.1, 0.15) is 6.04 Å². The number of rotatable bonds is 3. The van der Waals surface area contributed by atoms with Crippen molar-refractivity contribution >= 4 is 23.3 Å². The van der Waals surface area contributed by atoms with Gasteiger partial charge in [-0.3, -0.25) is 4.79 Å². The highest BCUT2D eigenvalue weighted by molar-refractivity contribution is 5.93. The lowest BCUT2D eigenvalue weighted by Crippen LogP contribution is -2.49. The SMILES string of the molecule is CC(NC(=O)Nc1ccc(N)cc1)C(=O)N1CCCCC1. The molecule has 1 unspecified atom stereocenters. The Morgan fingerprint density at radius 1 is 1.14 bits per heavy atom. The van der Waals surface area contributed by atoms with Gasteiger partial charge in [-0.2, -0.15) is 0 Å². The molecule has 0 saturated carbocycles. The molecule has 2 rings (SSSR count). The molecule has 1 aliphatic rings. The molecule has 114 valence electrons. The highest BCUT2D eigenvalue weighted by Crippen LogP contribution is 2.11. The number of carbonyl (C=O) groups is 2. The predicted octanol–water partition coefficient (Wildman–Crippen LogP) is 1.79. The summed E-state index contributed by atoms with van der Waals surface area (Å²) in [5.41, 5.74) is 6.85. The summed E-state index contributed by atoms with van der Waals surface area (Å²) in [5.74, 6) is -0.0258. The maximum absolute atomic E-state index is 12.2. The van der Waals surface area contributed by atoms with Gasteiger partial charge < -0.3 is 21.3 Å². The number of carbonyl (C=O) groups excluding carboxylic acids is 2. The Labute approximate surface area is 124 Å². The first-order chi connectivity index (χ1) is 10.1. The van der Waals surface area contributed by atoms with Crippen LogP contribution in [0.3, 0.4) is 0 Å². The lowest BCUT2D eigenvalue weighted by molar-refractivity contribution is -0.133. The number of amides is 3. The monoisotopic (exact) mass is 290 g/mol. The van der Waals surface area contributed by atoms with Crippen LogP contribution in [-0.2, 0) is 4.79 Å². The molecule has 1 aromatic carbocycles. The van der Waals surface area contributed by atoms with Crippen LogP contribution in [-0.4, -0.2) is 36.0 Å². The highest BCUT2D eigenvalue weighted by atomic mass is 16.2. The van der Waals surface area contributed by atoms with E-state index in [9.17, 15) is 9.59 Å². The summed E-state index contributed by atoms with van der Waals surface area (Å²) in [7, 11) is 0. The first-order valence-electron chi connectivity index (χ1n) is 7.28. The standard InChI is InChI=1S/C15H22N4O2/c1-11(14(20)19-9-3-2-4-10-19)17-15(21)18-13-7-5-12(16)6-8-13/h5-8,11H,2-4,9-10,16H2,1H3,(H2,17,18,21). The van der Waals surface area contributed by atoms with Crippen molar-refractivity contribution in [2.75, 3.05) is 24.1 Å². The van der Waals surface area contributed by atoms with Crippen LogP contribution in [0.4, 0.5) is 16.2 Å². The number of nitrogens with two attached hydrogens (primary N) is 1. The molecule has 4 N–H and O–H groups in total. The summed E-state index contributed by atoms with van der Waals surface area (Å²) in [6.07, 6.45) is 3.25. The minimum atomic E-state index is -0.531. The molecule has 6 nitrogen and oxygen atoms in total. The first-order valence-corrected chi connectivity index (χ1v) is 7.28. The lowest BCUT2D eigenvalue weighted by atomic mass is 10.1. The number of piperidine rings is 1. The number of hydrogen-bond acceptors (Lipinski definition) is 3. The number of anilines is 2. The van der Waals surface area contributed by atoms with Crippen molar-refractivity contribution in [3.63, 3.8) is 0 Å². The zero-order valence-electron chi connectivity index (χ0n) is 12.3. The number of nitrogens with one attached hydrogen (secondary N) is 2. The Bertz CT molecular complexity index is 495. The third kappa shape index (κ3) is 4.37. The molecule has 1 atom stereocenters. The zero-order valence-corrected chi connectivity index (χ0v) is 12.3. The predicted molar refractivity (Wildman–Crippen MR) is 82.9 cm³/mol. The van der Waals surface area contributed by atoms with Crippen LogP contribution in [0, 0.1) is 0 Å². The van der Waals surface area contributed by atoms with E-state index in [1.165, 1.54) is 6.42 Å². The van der Waals surface area contributed by atoms with E-state index in [2.05, 4.69) is 10.6 Å². The van der Waals surface area contributed by atoms with E-state index < -0.39 is 12.1 Å². The topological polar surface area (TPSA) is 87.5 Å². The van der Waals surface area contributed by atoms with Crippen LogP contribution >= 0.6 is 0 Å². The molecule has 1 saturated heterocycles. The summed E-state index contributed by atoms with van der Waals surface area (Å²) in [5, 5.41) is 5.35. The van der Waals surface area contributed by atoms with Crippen LogP contribution in [0.25, 0.3) is 0 Å². The molecule has 6 heteroatoms. The van der Waals surface area contributed by atoms with Gasteiger partial charge in [-0.25, -0.2) is 4.79 Å². The number of benzene rings is 1. The van der Waals surface area contributed by atoms with Gasteiger partial charge in [0.2, 0.25) is 5.91 Å². The molecule has 0 aromatic heterocycles. The Morgan fingerprint density at radius 3 is 2.38 bits per heavy atom. The fourth-order valence-electron chi connectivity index (χ4n) is 2.38. The van der Waals surface area contributed by atoms with Gasteiger partial charge in [-0.15, -0.1) is 0 Å². The third-order valence-corrected chi connectivity index (χ3v) is 3.55. The second-order valence-corrected chi connectivity index (χ2v) is 5.33. The van der Waals surface area contributed by atoms with Crippen LogP contribution < -0.4 is 16.4 Å². The van der Waals surface area contributed by atoms with Gasteiger partial charge in [0.05, 0.1) is 0 Å². The summed E-state index contributed by atoms with van der Waals surface area (Å²) in [6.45, 7) is 3.27. The molecule has 0 bridgehead atoms. The molecule has 0 radical (unpaired) electrons. The number of urea groups is 1. The molecule has 1 fully saturated rings. The molecule has 0 aliphatic carbocycles. The second-order valence-electron chi connectivity index (χ2n) is 5.33. The normalized spacial score (nSPS) is 16.1. The minimum Gasteiger partial charge on any atom is -0.399 e. The van der Waals surface area contributed by atoms with E-state index in [4.69, 9.17) is 5.73 Å². The molecule has 1 heterocycles. The maximum atomic E-state index is 12.2. The first kappa shape index (κ1) is 15.2. The van der Waals surface area contributed by atoms with E-state index in [-0.39, 0.29) is 5.91 Å². The van der Waals surface area contributed by atoms with E-state index in [0.717, 1.165) is 25.9 Å². The van der Waals surface area contributed by atoms with Crippen molar-refractivity contribution < 1.29 is 9.59 Å². The molecule has 1 aromatic rings. The van der Waals surface area contributed by atoms with E-state index in [1.54, 1.807) is 31.2 Å². The summed E-state index contributed by atoms with van der Waals surface area (Å²) in [6, 6.07) is 5.92. The molecular formula is C15H22N4O2. The average Bonchev–Trinajstić information content (AvgIpc) is 2.49. The van der Waals surface area contributed by atoms with Gasteiger partial charge in [-0.05, 0) is 50.5 Å². The van der Waals surface area contributed by atoms with E-state index in [0.29, 0.717) is 11.4 Å². The van der Waals surface area contributed by atoms with Crippen molar-refractivity contribution in [2.24, 2.45) is 0 Å². The van der Waals surface area contributed by atoms with Gasteiger partial charge in [0.25, 0.3) is 0 Å². The smallest absolute Gasteiger partial charge is 0.319 e. The molecule has 0 spiro atoms. The fourth-order valence-corrected chi connectivity index (χ4v) is 2.38. The van der Waals surface area contributed by atoms with Gasteiger partial charge in [-0.1, -0.05) is 0 Å². The maximum Gasteiger partial charge on any atom is 0.319 e. The summed E-state index contributed by atoms with van der Waals surface area (Å²) in [4.78, 5) is 25.9. The summed E-state index contributed by atoms with van der Waals surface area (Å²) < 4.78 is 0. The van der Waals surface area contributed by atoms with Gasteiger partial charge in [0.15, 0.2) is 0 Å². The van der Waals surface area contributed by atoms with Crippen molar-refractivity contribution in [3.05, 3.63) is 24.3 Å². The Morgan fingerprint density at radius 2 is 1.76 bits per heavy atom. The van der Waals surface area contributed by atoms with Crippen LogP contribution in [0.1, 0.15) is 26.2 Å². The van der Waals surface area contributed by atoms with Crippen molar-refractivity contribution in [3.8, 4) is 0 Å². The number of nitrogen functional groups attached to an aromatic ring is 1. The Hall–Kier alpha value is -2.24. The minimum absolute atomic E-state index is 0.0258. The van der Waals surface area contributed by atoms with Gasteiger partial charge in [0, 0.05) is 24.5 Å². The largest absolute Gasteiger partial charge is 0.399 e. The fraction of sp³-hybridized carbons (Fsp3) is 0.467. The summed E-state index contributed by atoms with van der Waals surface area (Å²) >= 11 is 0. The number of nitrogens with zero attached hydrogens (tertiary/aromatic N) is 1. The van der Waals surface area contributed by atoms with Gasteiger partial charge >= 0.3 is 6.03 Å². The lowest BCUT2D eigenvalue weighted by Gasteiger charge is -2.29. The molecule has 1 aliphatic heterocycles. The van der Waals surface area contributed by atoms with E-state index in [1.807, 2.05) is 4.90 Å². The second kappa shape index (κ2) is 6.97. The zero-order chi connectivity index (χ0) is 15.2. The van der Waals surface area contributed by atoms with Crippen LogP contribution in [0.2, 0.25) is 0 Å². The quantitative estimate of drug-likeness (QED) is 0.742. The van der Waals surface area contributed by atoms with Crippen molar-refractivity contribution in [1.82, 2.24) is 10.2 Å². The van der Waals surface area contributed by atoms with Crippen molar-refractivity contribution in [2.45, 2.75) is 32.2 Å². The molecule has 21 heavy (non-hydrogen) atoms.